The lowest BCUT2D eigenvalue weighted by Crippen LogP contribution is -2.27. The van der Waals surface area contributed by atoms with Gasteiger partial charge in [-0.2, -0.15) is 0 Å². The molecule has 0 aliphatic carbocycles. The Kier molecular flexibility index (Phi) is 6.87. The summed E-state index contributed by atoms with van der Waals surface area (Å²) in [6.45, 7) is 5.35. The van der Waals surface area contributed by atoms with Crippen LogP contribution in [-0.4, -0.2) is 25.3 Å². The Hall–Kier alpha value is -1.55. The number of benzene rings is 1. The Balaban J connectivity index is 2.04. The first-order chi connectivity index (χ1) is 8.68. The van der Waals surface area contributed by atoms with E-state index < -0.39 is 6.09 Å². The second kappa shape index (κ2) is 8.53. The fourth-order valence-electron chi connectivity index (χ4n) is 1.37. The maximum Gasteiger partial charge on any atom is 0.412 e. The van der Waals surface area contributed by atoms with Crippen molar-refractivity contribution in [2.45, 2.75) is 32.8 Å². The number of amides is 1. The monoisotopic (exact) mass is 251 g/mol. The first-order valence-corrected chi connectivity index (χ1v) is 6.31. The molecule has 0 aliphatic rings. The van der Waals surface area contributed by atoms with Crippen LogP contribution in [0.2, 0.25) is 0 Å². The highest BCUT2D eigenvalue weighted by Gasteiger charge is 2.02. The van der Waals surface area contributed by atoms with Gasteiger partial charge in [0.15, 0.2) is 0 Å². The van der Waals surface area contributed by atoms with Crippen molar-refractivity contribution in [1.82, 2.24) is 5.32 Å². The van der Waals surface area contributed by atoms with Crippen LogP contribution in [0.25, 0.3) is 0 Å². The fourth-order valence-corrected chi connectivity index (χ4v) is 1.37. The van der Waals surface area contributed by atoms with Crippen LogP contribution in [-0.2, 0) is 4.74 Å². The van der Waals surface area contributed by atoms with Crippen molar-refractivity contribution in [2.75, 3.05) is 13.2 Å². The van der Waals surface area contributed by atoms with E-state index >= 15 is 0 Å². The van der Waals surface area contributed by atoms with Gasteiger partial charge in [-0.05, 0) is 38.8 Å². The number of carbonyl (C=O) groups excluding carboxylic acids is 1. The Labute approximate surface area is 108 Å². The highest BCUT2D eigenvalue weighted by Crippen LogP contribution is 2.07. The van der Waals surface area contributed by atoms with E-state index in [2.05, 4.69) is 5.32 Å². The summed E-state index contributed by atoms with van der Waals surface area (Å²) >= 11 is 0. The molecule has 1 aromatic carbocycles. The van der Waals surface area contributed by atoms with Gasteiger partial charge in [-0.15, -0.1) is 0 Å². The molecule has 1 aromatic rings. The molecule has 0 fully saturated rings. The molecular weight excluding hydrogens is 230 g/mol. The minimum absolute atomic E-state index is 0.265. The van der Waals surface area contributed by atoms with Crippen LogP contribution in [0.15, 0.2) is 30.3 Å². The van der Waals surface area contributed by atoms with Crippen molar-refractivity contribution >= 4 is 6.09 Å². The molecular formula is C14H21NO3. The maximum atomic E-state index is 11.4. The van der Waals surface area contributed by atoms with E-state index in [0.29, 0.717) is 12.3 Å². The van der Waals surface area contributed by atoms with Crippen LogP contribution >= 0.6 is 0 Å². The summed E-state index contributed by atoms with van der Waals surface area (Å²) in [7, 11) is 0. The van der Waals surface area contributed by atoms with Gasteiger partial charge >= 0.3 is 6.09 Å². The number of para-hydroxylation sites is 1. The highest BCUT2D eigenvalue weighted by molar-refractivity contribution is 5.70. The van der Waals surface area contributed by atoms with E-state index in [4.69, 9.17) is 9.47 Å². The molecule has 18 heavy (non-hydrogen) atoms. The zero-order valence-electron chi connectivity index (χ0n) is 11.0. The van der Waals surface area contributed by atoms with Crippen molar-refractivity contribution in [2.24, 2.45) is 0 Å². The van der Waals surface area contributed by atoms with Crippen molar-refractivity contribution in [3.63, 3.8) is 0 Å². The summed E-state index contributed by atoms with van der Waals surface area (Å²) in [5.74, 6) is 0.554. The van der Waals surface area contributed by atoms with Gasteiger partial charge in [0.05, 0.1) is 6.10 Å². The summed E-state index contributed by atoms with van der Waals surface area (Å²) in [6.07, 6.45) is 1.67. The lowest BCUT2D eigenvalue weighted by molar-refractivity contribution is 0.0760. The van der Waals surface area contributed by atoms with Crippen molar-refractivity contribution < 1.29 is 14.3 Å². The van der Waals surface area contributed by atoms with E-state index in [9.17, 15) is 4.79 Å². The summed E-state index contributed by atoms with van der Waals surface area (Å²) in [5.41, 5.74) is 0. The molecule has 0 bridgehead atoms. The fraction of sp³-hybridized carbons (Fsp3) is 0.500. The molecule has 0 atom stereocenters. The minimum atomic E-state index is -0.411. The zero-order valence-corrected chi connectivity index (χ0v) is 11.0. The average molecular weight is 251 g/mol. The molecule has 0 aromatic heterocycles. The van der Waals surface area contributed by atoms with E-state index in [-0.39, 0.29) is 6.10 Å². The summed E-state index contributed by atoms with van der Waals surface area (Å²) in [5, 5.41) is 2.70. The van der Waals surface area contributed by atoms with Gasteiger partial charge in [-0.25, -0.2) is 4.79 Å². The maximum absolute atomic E-state index is 11.4. The molecule has 1 N–H and O–H groups in total. The molecule has 0 saturated heterocycles. The van der Waals surface area contributed by atoms with Crippen LogP contribution in [0.4, 0.5) is 4.79 Å². The first-order valence-electron chi connectivity index (χ1n) is 6.31. The number of ether oxygens (including phenoxy) is 2. The molecule has 0 saturated carbocycles. The topological polar surface area (TPSA) is 47.6 Å². The van der Waals surface area contributed by atoms with Gasteiger partial charge in [0, 0.05) is 13.2 Å². The predicted molar refractivity (Wildman–Crippen MR) is 70.8 cm³/mol. The van der Waals surface area contributed by atoms with Gasteiger partial charge in [0.1, 0.15) is 5.75 Å². The van der Waals surface area contributed by atoms with Crippen molar-refractivity contribution in [3.8, 4) is 5.75 Å². The molecule has 0 aliphatic heterocycles. The van der Waals surface area contributed by atoms with Gasteiger partial charge < -0.3 is 14.8 Å². The van der Waals surface area contributed by atoms with Crippen molar-refractivity contribution in [1.29, 1.82) is 0 Å². The van der Waals surface area contributed by atoms with Gasteiger partial charge in [0.2, 0.25) is 0 Å². The molecule has 100 valence electrons. The number of hydrogen-bond acceptors (Lipinski definition) is 3. The number of carbonyl (C=O) groups is 1. The minimum Gasteiger partial charge on any atom is -0.410 e. The summed E-state index contributed by atoms with van der Waals surface area (Å²) in [4.78, 5) is 11.4. The molecule has 1 amide bonds. The molecule has 0 unspecified atom stereocenters. The normalized spacial score (nSPS) is 10.4. The van der Waals surface area contributed by atoms with E-state index in [0.717, 1.165) is 19.4 Å². The Morgan fingerprint density at radius 3 is 2.61 bits per heavy atom. The SMILES string of the molecule is CC(C)OCCCCNC(=O)Oc1ccccc1. The highest BCUT2D eigenvalue weighted by atomic mass is 16.6. The molecule has 0 spiro atoms. The second-order valence-electron chi connectivity index (χ2n) is 4.26. The smallest absolute Gasteiger partial charge is 0.410 e. The van der Waals surface area contributed by atoms with Gasteiger partial charge in [0.25, 0.3) is 0 Å². The molecule has 4 heteroatoms. The summed E-state index contributed by atoms with van der Waals surface area (Å²) < 4.78 is 10.5. The standard InChI is InChI=1S/C14H21NO3/c1-12(2)17-11-7-6-10-15-14(16)18-13-8-4-3-5-9-13/h3-5,8-9,12H,6-7,10-11H2,1-2H3,(H,15,16). The average Bonchev–Trinajstić information content (AvgIpc) is 2.34. The predicted octanol–water partition coefficient (Wildman–Crippen LogP) is 2.98. The Morgan fingerprint density at radius 1 is 1.22 bits per heavy atom. The lowest BCUT2D eigenvalue weighted by Gasteiger charge is -2.08. The number of unbranched alkanes of at least 4 members (excludes halogenated alkanes) is 1. The van der Waals surface area contributed by atoms with Crippen LogP contribution in [0.1, 0.15) is 26.7 Å². The van der Waals surface area contributed by atoms with E-state index in [1.807, 2.05) is 32.0 Å². The lowest BCUT2D eigenvalue weighted by atomic mass is 10.3. The van der Waals surface area contributed by atoms with Crippen LogP contribution in [0.3, 0.4) is 0 Å². The second-order valence-corrected chi connectivity index (χ2v) is 4.26. The number of rotatable bonds is 7. The van der Waals surface area contributed by atoms with Gasteiger partial charge in [-0.3, -0.25) is 0 Å². The number of nitrogens with one attached hydrogen (secondary N) is 1. The van der Waals surface area contributed by atoms with Crippen LogP contribution in [0, 0.1) is 0 Å². The number of hydrogen-bond donors (Lipinski definition) is 1. The molecule has 4 nitrogen and oxygen atoms in total. The van der Waals surface area contributed by atoms with E-state index in [1.54, 1.807) is 12.1 Å². The quantitative estimate of drug-likeness (QED) is 0.758. The van der Waals surface area contributed by atoms with E-state index in [1.165, 1.54) is 0 Å². The van der Waals surface area contributed by atoms with Crippen LogP contribution in [0.5, 0.6) is 5.75 Å². The third-order valence-corrected chi connectivity index (χ3v) is 2.25. The third kappa shape index (κ3) is 6.91. The Morgan fingerprint density at radius 2 is 1.94 bits per heavy atom. The summed E-state index contributed by atoms with van der Waals surface area (Å²) in [6, 6.07) is 9.02. The zero-order chi connectivity index (χ0) is 13.2. The van der Waals surface area contributed by atoms with Crippen LogP contribution < -0.4 is 10.1 Å². The van der Waals surface area contributed by atoms with Gasteiger partial charge in [-0.1, -0.05) is 18.2 Å². The van der Waals surface area contributed by atoms with Crippen molar-refractivity contribution in [3.05, 3.63) is 30.3 Å². The first kappa shape index (κ1) is 14.5. The largest absolute Gasteiger partial charge is 0.412 e. The molecule has 0 radical (unpaired) electrons. The Bertz CT molecular complexity index is 338. The molecule has 1 rings (SSSR count). The molecule has 0 heterocycles. The third-order valence-electron chi connectivity index (χ3n) is 2.25.